The van der Waals surface area contributed by atoms with Crippen LogP contribution < -0.4 is 24.4 Å². The Balaban J connectivity index is 1.31. The smallest absolute Gasteiger partial charge is 0.239 e. The summed E-state index contributed by atoms with van der Waals surface area (Å²) in [7, 11) is 0. The van der Waals surface area contributed by atoms with Gasteiger partial charge in [0.1, 0.15) is 25.1 Å². The third kappa shape index (κ3) is 3.47. The van der Waals surface area contributed by atoms with Crippen LogP contribution in [0.5, 0.6) is 17.2 Å². The normalized spacial score (nSPS) is 18.1. The zero-order valence-electron chi connectivity index (χ0n) is 13.8. The molecular formula is C19H20N2O4. The van der Waals surface area contributed by atoms with E-state index in [2.05, 4.69) is 5.32 Å². The summed E-state index contributed by atoms with van der Waals surface area (Å²) in [6.07, 6.45) is -0.184. The maximum Gasteiger partial charge on any atom is 0.239 e. The monoisotopic (exact) mass is 340 g/mol. The lowest BCUT2D eigenvalue weighted by Gasteiger charge is -2.31. The van der Waals surface area contributed by atoms with Crippen LogP contribution in [0.3, 0.4) is 0 Å². The molecule has 0 radical (unpaired) electrons. The maximum atomic E-state index is 12.3. The van der Waals surface area contributed by atoms with Crippen LogP contribution in [-0.2, 0) is 4.79 Å². The second-order valence-corrected chi connectivity index (χ2v) is 6.04. The number of nitrogens with one attached hydrogen (secondary N) is 1. The van der Waals surface area contributed by atoms with Crippen LogP contribution >= 0.6 is 0 Å². The number of para-hydroxylation sites is 4. The van der Waals surface area contributed by atoms with Gasteiger partial charge in [-0.25, -0.2) is 0 Å². The standard InChI is InChI=1S/C19H20N2O4/c22-19(12-21-9-10-23-16-6-2-1-5-15(16)21)20-11-14-13-24-17-7-3-4-8-18(17)25-14/h1-8,14H,9-13H2,(H,20,22)/t14-/m0/s1. The van der Waals surface area contributed by atoms with Crippen molar-refractivity contribution in [3.05, 3.63) is 48.5 Å². The minimum absolute atomic E-state index is 0.0424. The third-order valence-corrected chi connectivity index (χ3v) is 4.25. The highest BCUT2D eigenvalue weighted by Gasteiger charge is 2.23. The summed E-state index contributed by atoms with van der Waals surface area (Å²) >= 11 is 0. The summed E-state index contributed by atoms with van der Waals surface area (Å²) in [6, 6.07) is 15.3. The Hall–Kier alpha value is -2.89. The minimum atomic E-state index is -0.184. The predicted molar refractivity (Wildman–Crippen MR) is 93.5 cm³/mol. The molecule has 0 spiro atoms. The first kappa shape index (κ1) is 15.6. The number of rotatable bonds is 4. The number of anilines is 1. The molecule has 2 heterocycles. The molecule has 0 aromatic heterocycles. The molecule has 2 aromatic rings. The first-order chi connectivity index (χ1) is 12.3. The van der Waals surface area contributed by atoms with E-state index < -0.39 is 0 Å². The van der Waals surface area contributed by atoms with E-state index in [-0.39, 0.29) is 12.0 Å². The molecule has 6 nitrogen and oxygen atoms in total. The molecule has 2 aliphatic rings. The van der Waals surface area contributed by atoms with Gasteiger partial charge in [0, 0.05) is 0 Å². The Morgan fingerprint density at radius 1 is 1.04 bits per heavy atom. The van der Waals surface area contributed by atoms with Crippen LogP contribution in [0.2, 0.25) is 0 Å². The van der Waals surface area contributed by atoms with E-state index in [0.29, 0.717) is 32.8 Å². The van der Waals surface area contributed by atoms with Crippen LogP contribution in [0, 0.1) is 0 Å². The van der Waals surface area contributed by atoms with Gasteiger partial charge in [-0.15, -0.1) is 0 Å². The topological polar surface area (TPSA) is 60.0 Å². The van der Waals surface area contributed by atoms with Crippen molar-refractivity contribution in [2.45, 2.75) is 6.10 Å². The van der Waals surface area contributed by atoms with Crippen molar-refractivity contribution in [3.8, 4) is 17.2 Å². The summed E-state index contributed by atoms with van der Waals surface area (Å²) in [6.45, 7) is 2.42. The van der Waals surface area contributed by atoms with Crippen molar-refractivity contribution in [1.29, 1.82) is 0 Å². The second-order valence-electron chi connectivity index (χ2n) is 6.04. The highest BCUT2D eigenvalue weighted by Crippen LogP contribution is 2.31. The fourth-order valence-corrected chi connectivity index (χ4v) is 3.01. The van der Waals surface area contributed by atoms with Crippen molar-refractivity contribution in [2.24, 2.45) is 0 Å². The number of ether oxygens (including phenoxy) is 3. The number of fused-ring (bicyclic) bond motifs is 2. The molecule has 1 N–H and O–H groups in total. The number of carbonyl (C=O) groups is 1. The molecule has 2 aromatic carbocycles. The van der Waals surface area contributed by atoms with E-state index in [0.717, 1.165) is 22.9 Å². The van der Waals surface area contributed by atoms with Crippen molar-refractivity contribution >= 4 is 11.6 Å². The molecule has 130 valence electrons. The van der Waals surface area contributed by atoms with E-state index in [9.17, 15) is 4.79 Å². The van der Waals surface area contributed by atoms with Gasteiger partial charge in [0.15, 0.2) is 11.5 Å². The number of amides is 1. The second kappa shape index (κ2) is 6.93. The fraction of sp³-hybridized carbons (Fsp3) is 0.316. The highest BCUT2D eigenvalue weighted by atomic mass is 16.6. The fourth-order valence-electron chi connectivity index (χ4n) is 3.01. The minimum Gasteiger partial charge on any atom is -0.490 e. The van der Waals surface area contributed by atoms with Crippen LogP contribution in [-0.4, -0.2) is 44.9 Å². The maximum absolute atomic E-state index is 12.3. The lowest BCUT2D eigenvalue weighted by Crippen LogP contribution is -2.45. The van der Waals surface area contributed by atoms with E-state index in [1.165, 1.54) is 0 Å². The third-order valence-electron chi connectivity index (χ3n) is 4.25. The zero-order valence-corrected chi connectivity index (χ0v) is 13.8. The van der Waals surface area contributed by atoms with Gasteiger partial charge in [0.05, 0.1) is 25.3 Å². The molecule has 4 rings (SSSR count). The SMILES string of the molecule is O=C(CN1CCOc2ccccc21)NC[C@H]1COc2ccccc2O1. The van der Waals surface area contributed by atoms with Gasteiger partial charge in [0.25, 0.3) is 0 Å². The van der Waals surface area contributed by atoms with E-state index >= 15 is 0 Å². The Bertz CT molecular complexity index is 765. The van der Waals surface area contributed by atoms with Gasteiger partial charge in [-0.2, -0.15) is 0 Å². The molecule has 2 aliphatic heterocycles. The molecule has 1 atom stereocenters. The summed E-state index contributed by atoms with van der Waals surface area (Å²) in [4.78, 5) is 14.3. The molecule has 1 amide bonds. The number of benzene rings is 2. The van der Waals surface area contributed by atoms with Gasteiger partial charge in [-0.3, -0.25) is 4.79 Å². The van der Waals surface area contributed by atoms with E-state index in [1.54, 1.807) is 0 Å². The molecule has 0 saturated carbocycles. The van der Waals surface area contributed by atoms with Crippen LogP contribution in [0.1, 0.15) is 0 Å². The molecule has 0 aliphatic carbocycles. The predicted octanol–water partition coefficient (Wildman–Crippen LogP) is 1.84. The average Bonchev–Trinajstić information content (AvgIpc) is 2.66. The average molecular weight is 340 g/mol. The first-order valence-electron chi connectivity index (χ1n) is 8.41. The highest BCUT2D eigenvalue weighted by molar-refractivity contribution is 5.82. The van der Waals surface area contributed by atoms with E-state index in [1.807, 2.05) is 53.4 Å². The van der Waals surface area contributed by atoms with Crippen LogP contribution in [0.4, 0.5) is 5.69 Å². The lowest BCUT2D eigenvalue weighted by atomic mass is 10.2. The number of carbonyl (C=O) groups excluding carboxylic acids is 1. The Morgan fingerprint density at radius 2 is 1.80 bits per heavy atom. The molecule has 0 fully saturated rings. The van der Waals surface area contributed by atoms with Crippen molar-refractivity contribution in [1.82, 2.24) is 5.32 Å². The molecular weight excluding hydrogens is 320 g/mol. The first-order valence-corrected chi connectivity index (χ1v) is 8.41. The zero-order chi connectivity index (χ0) is 17.1. The summed E-state index contributed by atoms with van der Waals surface area (Å²) in [5.41, 5.74) is 0.954. The van der Waals surface area contributed by atoms with Crippen LogP contribution in [0.15, 0.2) is 48.5 Å². The number of hydrogen-bond donors (Lipinski definition) is 1. The van der Waals surface area contributed by atoms with Gasteiger partial charge in [0.2, 0.25) is 5.91 Å². The van der Waals surface area contributed by atoms with Gasteiger partial charge < -0.3 is 24.4 Å². The summed E-state index contributed by atoms with van der Waals surface area (Å²) in [5.74, 6) is 2.24. The van der Waals surface area contributed by atoms with Gasteiger partial charge >= 0.3 is 0 Å². The van der Waals surface area contributed by atoms with Crippen molar-refractivity contribution < 1.29 is 19.0 Å². The largest absolute Gasteiger partial charge is 0.490 e. The van der Waals surface area contributed by atoms with Crippen molar-refractivity contribution in [3.63, 3.8) is 0 Å². The Morgan fingerprint density at radius 3 is 2.68 bits per heavy atom. The Labute approximate surface area is 146 Å². The van der Waals surface area contributed by atoms with Crippen molar-refractivity contribution in [2.75, 3.05) is 37.7 Å². The molecule has 0 saturated heterocycles. The molecule has 25 heavy (non-hydrogen) atoms. The van der Waals surface area contributed by atoms with Crippen LogP contribution in [0.25, 0.3) is 0 Å². The summed E-state index contributed by atoms with van der Waals surface area (Å²) in [5, 5.41) is 2.93. The molecule has 0 unspecified atom stereocenters. The van der Waals surface area contributed by atoms with E-state index in [4.69, 9.17) is 14.2 Å². The molecule has 0 bridgehead atoms. The number of nitrogens with zero attached hydrogens (tertiary/aromatic N) is 1. The lowest BCUT2D eigenvalue weighted by molar-refractivity contribution is -0.120. The Kier molecular flexibility index (Phi) is 4.33. The quantitative estimate of drug-likeness (QED) is 0.920. The molecule has 6 heteroatoms. The number of hydrogen-bond acceptors (Lipinski definition) is 5. The summed E-state index contributed by atoms with van der Waals surface area (Å²) < 4.78 is 17.1. The van der Waals surface area contributed by atoms with Gasteiger partial charge in [-0.1, -0.05) is 24.3 Å². The van der Waals surface area contributed by atoms with Gasteiger partial charge in [-0.05, 0) is 24.3 Å².